The van der Waals surface area contributed by atoms with E-state index >= 15 is 0 Å². The first-order chi connectivity index (χ1) is 16.3. The fourth-order valence-corrected chi connectivity index (χ4v) is 3.94. The van der Waals surface area contributed by atoms with Crippen LogP contribution in [0.4, 0.5) is 0 Å². The minimum absolute atomic E-state index is 0.0980. The molecule has 4 rings (SSSR count). The van der Waals surface area contributed by atoms with E-state index < -0.39 is 11.6 Å². The number of aromatic nitrogens is 4. The van der Waals surface area contributed by atoms with Crippen LogP contribution in [0.25, 0.3) is 16.6 Å². The van der Waals surface area contributed by atoms with Crippen molar-refractivity contribution < 1.29 is 9.53 Å². The van der Waals surface area contributed by atoms with Crippen molar-refractivity contribution in [2.24, 2.45) is 0 Å². The Kier molecular flexibility index (Phi) is 6.49. The van der Waals surface area contributed by atoms with Crippen LogP contribution in [0.1, 0.15) is 43.8 Å². The molecule has 1 N–H and O–H groups in total. The van der Waals surface area contributed by atoms with E-state index in [4.69, 9.17) is 4.74 Å². The lowest BCUT2D eigenvalue weighted by Gasteiger charge is -2.15. The number of ether oxygens (including phenoxy) is 1. The number of hydrogen-bond donors (Lipinski definition) is 1. The van der Waals surface area contributed by atoms with Crippen molar-refractivity contribution in [2.75, 3.05) is 0 Å². The Balaban J connectivity index is 1.56. The number of nitrogens with zero attached hydrogens (tertiary/aromatic N) is 4. The van der Waals surface area contributed by atoms with Gasteiger partial charge < -0.3 is 10.1 Å². The van der Waals surface area contributed by atoms with Crippen molar-refractivity contribution in [1.29, 1.82) is 0 Å². The quantitative estimate of drug-likeness (QED) is 0.453. The van der Waals surface area contributed by atoms with Gasteiger partial charge in [0, 0.05) is 6.54 Å². The molecule has 8 heteroatoms. The summed E-state index contributed by atoms with van der Waals surface area (Å²) in [4.78, 5) is 26.1. The second-order valence-corrected chi connectivity index (χ2v) is 8.60. The van der Waals surface area contributed by atoms with E-state index in [0.717, 1.165) is 22.7 Å². The number of fused-ring (bicyclic) bond motifs is 1. The van der Waals surface area contributed by atoms with Gasteiger partial charge in [0.2, 0.25) is 5.91 Å². The second-order valence-electron chi connectivity index (χ2n) is 8.60. The van der Waals surface area contributed by atoms with Crippen LogP contribution >= 0.6 is 0 Å². The molecule has 0 saturated carbocycles. The molecule has 1 amide bonds. The van der Waals surface area contributed by atoms with Crippen molar-refractivity contribution in [3.05, 3.63) is 81.9 Å². The van der Waals surface area contributed by atoms with Gasteiger partial charge in [-0.3, -0.25) is 9.59 Å². The van der Waals surface area contributed by atoms with Crippen LogP contribution in [0.5, 0.6) is 5.75 Å². The van der Waals surface area contributed by atoms with Crippen molar-refractivity contribution in [2.45, 2.75) is 53.3 Å². The van der Waals surface area contributed by atoms with Crippen LogP contribution < -0.4 is 15.6 Å². The fourth-order valence-electron chi connectivity index (χ4n) is 3.94. The van der Waals surface area contributed by atoms with Gasteiger partial charge in [-0.05, 0) is 64.4 Å². The molecule has 0 spiro atoms. The number of rotatable bonds is 7. The number of benzene rings is 2. The lowest BCUT2D eigenvalue weighted by Crippen LogP contribution is -2.37. The summed E-state index contributed by atoms with van der Waals surface area (Å²) in [6, 6.07) is 16.4. The molecule has 0 aliphatic carbocycles. The molecule has 0 bridgehead atoms. The minimum Gasteiger partial charge on any atom is -0.491 e. The SMILES string of the molecule is Cc1nn(C(C)C(=O)NCc2ccc(OC(C)C)cc2)c(=O)c2nn(-c3ccccc3)c(C)c12. The Bertz CT molecular complexity index is 1370. The first-order valence-corrected chi connectivity index (χ1v) is 11.3. The van der Waals surface area contributed by atoms with E-state index in [9.17, 15) is 9.59 Å². The third-order valence-electron chi connectivity index (χ3n) is 5.66. The maximum atomic E-state index is 13.3. The average molecular weight is 460 g/mol. The largest absolute Gasteiger partial charge is 0.491 e. The molecule has 34 heavy (non-hydrogen) atoms. The molecule has 2 heterocycles. The molecular weight excluding hydrogens is 430 g/mol. The molecular formula is C26H29N5O3. The summed E-state index contributed by atoms with van der Waals surface area (Å²) in [6.45, 7) is 9.68. The molecule has 2 aromatic carbocycles. The summed E-state index contributed by atoms with van der Waals surface area (Å²) in [7, 11) is 0. The van der Waals surface area contributed by atoms with Crippen LogP contribution in [0.15, 0.2) is 59.4 Å². The van der Waals surface area contributed by atoms with Gasteiger partial charge in [0.25, 0.3) is 5.56 Å². The lowest BCUT2D eigenvalue weighted by atomic mass is 10.2. The van der Waals surface area contributed by atoms with Gasteiger partial charge in [-0.2, -0.15) is 10.2 Å². The predicted octanol–water partition coefficient (Wildman–Crippen LogP) is 3.86. The highest BCUT2D eigenvalue weighted by atomic mass is 16.5. The fraction of sp³-hybridized carbons (Fsp3) is 0.308. The van der Waals surface area contributed by atoms with Crippen LogP contribution in [-0.2, 0) is 11.3 Å². The standard InChI is InChI=1S/C26H29N5O3/c1-16(2)34-22-13-11-20(12-14-22)15-27-25(32)19(5)31-26(33)24-23(17(3)28-31)18(4)30(29-24)21-9-7-6-8-10-21/h6-14,16,19H,15H2,1-5H3,(H,27,32). The molecule has 176 valence electrons. The highest BCUT2D eigenvalue weighted by Gasteiger charge is 2.23. The predicted molar refractivity (Wildman–Crippen MR) is 131 cm³/mol. The zero-order valence-corrected chi connectivity index (χ0v) is 20.1. The van der Waals surface area contributed by atoms with Crippen molar-refractivity contribution in [1.82, 2.24) is 24.9 Å². The monoisotopic (exact) mass is 459 g/mol. The zero-order valence-electron chi connectivity index (χ0n) is 20.1. The summed E-state index contributed by atoms with van der Waals surface area (Å²) < 4.78 is 8.60. The molecule has 8 nitrogen and oxygen atoms in total. The number of carbonyl (C=O) groups excluding carboxylic acids is 1. The first-order valence-electron chi connectivity index (χ1n) is 11.3. The van der Waals surface area contributed by atoms with Crippen molar-refractivity contribution in [3.8, 4) is 11.4 Å². The molecule has 2 aromatic heterocycles. The van der Waals surface area contributed by atoms with E-state index in [0.29, 0.717) is 23.1 Å². The molecule has 0 saturated heterocycles. The number of para-hydroxylation sites is 1. The number of amides is 1. The van der Waals surface area contributed by atoms with Crippen LogP contribution in [0, 0.1) is 13.8 Å². The lowest BCUT2D eigenvalue weighted by molar-refractivity contribution is -0.124. The van der Waals surface area contributed by atoms with E-state index in [1.807, 2.05) is 82.3 Å². The van der Waals surface area contributed by atoms with E-state index in [-0.39, 0.29) is 12.0 Å². The van der Waals surface area contributed by atoms with Gasteiger partial charge in [0.1, 0.15) is 11.8 Å². The Morgan fingerprint density at radius 2 is 1.68 bits per heavy atom. The van der Waals surface area contributed by atoms with Gasteiger partial charge in [0.15, 0.2) is 5.52 Å². The molecule has 0 aliphatic rings. The molecule has 4 aromatic rings. The van der Waals surface area contributed by atoms with E-state index in [1.165, 1.54) is 4.68 Å². The van der Waals surface area contributed by atoms with Crippen molar-refractivity contribution >= 4 is 16.8 Å². The van der Waals surface area contributed by atoms with Gasteiger partial charge in [0.05, 0.1) is 28.6 Å². The number of nitrogens with one attached hydrogen (secondary N) is 1. The summed E-state index contributed by atoms with van der Waals surface area (Å²) in [6.07, 6.45) is 0.0980. The van der Waals surface area contributed by atoms with Gasteiger partial charge in [-0.15, -0.1) is 0 Å². The molecule has 0 aliphatic heterocycles. The average Bonchev–Trinajstić information content (AvgIpc) is 3.18. The molecule has 1 atom stereocenters. The Morgan fingerprint density at radius 1 is 1.00 bits per heavy atom. The van der Waals surface area contributed by atoms with Crippen LogP contribution in [0.3, 0.4) is 0 Å². The molecule has 1 unspecified atom stereocenters. The third kappa shape index (κ3) is 4.57. The highest BCUT2D eigenvalue weighted by Crippen LogP contribution is 2.21. The second kappa shape index (κ2) is 9.51. The normalized spacial score (nSPS) is 12.2. The minimum atomic E-state index is -0.790. The Hall–Kier alpha value is -3.94. The molecule has 0 radical (unpaired) electrons. The summed E-state index contributed by atoms with van der Waals surface area (Å²) in [5.41, 5.74) is 3.18. The van der Waals surface area contributed by atoms with Gasteiger partial charge in [-0.25, -0.2) is 9.36 Å². The smallest absolute Gasteiger partial charge is 0.295 e. The summed E-state index contributed by atoms with van der Waals surface area (Å²) >= 11 is 0. The number of hydrogen-bond acceptors (Lipinski definition) is 5. The zero-order chi connectivity index (χ0) is 24.4. The first kappa shape index (κ1) is 23.2. The third-order valence-corrected chi connectivity index (χ3v) is 5.66. The topological polar surface area (TPSA) is 91.0 Å². The Labute approximate surface area is 198 Å². The number of carbonyl (C=O) groups is 1. The van der Waals surface area contributed by atoms with Crippen molar-refractivity contribution in [3.63, 3.8) is 0 Å². The van der Waals surface area contributed by atoms with Gasteiger partial charge >= 0.3 is 0 Å². The molecule has 0 fully saturated rings. The highest BCUT2D eigenvalue weighted by molar-refractivity contribution is 5.84. The van der Waals surface area contributed by atoms with Crippen LogP contribution in [-0.4, -0.2) is 31.6 Å². The number of aryl methyl sites for hydroxylation is 2. The Morgan fingerprint density at radius 3 is 2.32 bits per heavy atom. The van der Waals surface area contributed by atoms with E-state index in [1.54, 1.807) is 11.6 Å². The maximum absolute atomic E-state index is 13.3. The van der Waals surface area contributed by atoms with E-state index in [2.05, 4.69) is 15.5 Å². The summed E-state index contributed by atoms with van der Waals surface area (Å²) in [5.74, 6) is 0.485. The van der Waals surface area contributed by atoms with Gasteiger partial charge in [-0.1, -0.05) is 30.3 Å². The van der Waals surface area contributed by atoms with Crippen LogP contribution in [0.2, 0.25) is 0 Å². The maximum Gasteiger partial charge on any atom is 0.295 e. The summed E-state index contributed by atoms with van der Waals surface area (Å²) in [5, 5.41) is 12.6.